The van der Waals surface area contributed by atoms with Crippen LogP contribution in [-0.2, 0) is 4.79 Å². The number of carbonyl (C=O) groups excluding carboxylic acids is 2. The maximum absolute atomic E-state index is 12.1. The van der Waals surface area contributed by atoms with Gasteiger partial charge >= 0.3 is 5.97 Å². The molecule has 2 aromatic rings. The molecular formula is C29H37ClN2O4. The zero-order chi connectivity index (χ0) is 26.3. The highest BCUT2D eigenvalue weighted by Gasteiger charge is 2.35. The van der Waals surface area contributed by atoms with Crippen molar-refractivity contribution in [1.29, 1.82) is 0 Å². The fraction of sp³-hybridized carbons (Fsp3) is 0.483. The van der Waals surface area contributed by atoms with E-state index >= 15 is 0 Å². The van der Waals surface area contributed by atoms with Gasteiger partial charge in [-0.15, -0.1) is 0 Å². The zero-order valence-corrected chi connectivity index (χ0v) is 22.1. The number of nitrogens with zero attached hydrogens (tertiary/aromatic N) is 1. The topological polar surface area (TPSA) is 86.7 Å². The number of amides is 1. The minimum absolute atomic E-state index is 0.0771. The minimum atomic E-state index is -1.07. The highest BCUT2D eigenvalue weighted by atomic mass is 35.5. The molecule has 2 fully saturated rings. The second-order valence-corrected chi connectivity index (χ2v) is 11.1. The molecule has 0 bridgehead atoms. The third kappa shape index (κ3) is 7.40. The van der Waals surface area contributed by atoms with Crippen LogP contribution in [0.1, 0.15) is 78.1 Å². The van der Waals surface area contributed by atoms with Crippen molar-refractivity contribution in [3.05, 3.63) is 70.2 Å². The molecule has 1 unspecified atom stereocenters. The van der Waals surface area contributed by atoms with Crippen molar-refractivity contribution in [1.82, 2.24) is 10.2 Å². The number of nitrogens with one attached hydrogen (secondary N) is 1. The first-order chi connectivity index (χ1) is 17.1. The number of piperidine rings is 1. The van der Waals surface area contributed by atoms with E-state index in [1.807, 2.05) is 12.1 Å². The van der Waals surface area contributed by atoms with Crippen LogP contribution >= 0.6 is 11.6 Å². The van der Waals surface area contributed by atoms with Gasteiger partial charge in [0, 0.05) is 29.1 Å². The molecular weight excluding hydrogens is 476 g/mol. The van der Waals surface area contributed by atoms with E-state index in [0.717, 1.165) is 37.0 Å². The van der Waals surface area contributed by atoms with E-state index < -0.39 is 5.97 Å². The SMILES string of the molecule is CN1CCC(c2ccc(Cl)cc2)C(C)(C)C1.O=C[C@H]1CCCC[C@H]1NC(=O)c1cccc(C(=O)O)c1. The molecule has 194 valence electrons. The summed E-state index contributed by atoms with van der Waals surface area (Å²) in [5, 5.41) is 12.6. The van der Waals surface area contributed by atoms with Crippen LogP contribution in [0.3, 0.4) is 0 Å². The van der Waals surface area contributed by atoms with Crippen LogP contribution in [0.4, 0.5) is 0 Å². The Morgan fingerprint density at radius 2 is 1.72 bits per heavy atom. The van der Waals surface area contributed by atoms with Crippen molar-refractivity contribution >= 4 is 29.8 Å². The van der Waals surface area contributed by atoms with E-state index in [1.54, 1.807) is 6.07 Å². The number of hydrogen-bond acceptors (Lipinski definition) is 4. The molecule has 36 heavy (non-hydrogen) atoms. The molecule has 0 radical (unpaired) electrons. The maximum Gasteiger partial charge on any atom is 0.335 e. The molecule has 1 saturated carbocycles. The lowest BCUT2D eigenvalue weighted by Gasteiger charge is -2.43. The van der Waals surface area contributed by atoms with E-state index in [9.17, 15) is 14.4 Å². The van der Waals surface area contributed by atoms with Crippen molar-refractivity contribution in [2.75, 3.05) is 20.1 Å². The third-order valence-electron chi connectivity index (χ3n) is 7.38. The number of carboxylic acid groups (broad SMARTS) is 1. The Kier molecular flexibility index (Phi) is 9.69. The summed E-state index contributed by atoms with van der Waals surface area (Å²) in [7, 11) is 2.21. The summed E-state index contributed by atoms with van der Waals surface area (Å²) in [5.74, 6) is -0.883. The molecule has 2 aliphatic rings. The summed E-state index contributed by atoms with van der Waals surface area (Å²) in [4.78, 5) is 36.4. The lowest BCUT2D eigenvalue weighted by atomic mass is 9.71. The Morgan fingerprint density at radius 3 is 2.36 bits per heavy atom. The first-order valence-electron chi connectivity index (χ1n) is 12.6. The summed E-state index contributed by atoms with van der Waals surface area (Å²) in [6.45, 7) is 7.08. The molecule has 1 heterocycles. The van der Waals surface area contributed by atoms with Gasteiger partial charge in [0.25, 0.3) is 5.91 Å². The summed E-state index contributed by atoms with van der Waals surface area (Å²) < 4.78 is 0. The molecule has 1 amide bonds. The summed E-state index contributed by atoms with van der Waals surface area (Å²) in [6.07, 6.45) is 5.72. The first kappa shape index (κ1) is 27.9. The van der Waals surface area contributed by atoms with Gasteiger partial charge in [0.1, 0.15) is 6.29 Å². The number of carbonyl (C=O) groups is 3. The number of carboxylic acids is 1. The molecule has 1 saturated heterocycles. The van der Waals surface area contributed by atoms with Crippen LogP contribution in [0.2, 0.25) is 5.02 Å². The maximum atomic E-state index is 12.1. The second kappa shape index (κ2) is 12.5. The van der Waals surface area contributed by atoms with Gasteiger partial charge in [0.05, 0.1) is 5.56 Å². The van der Waals surface area contributed by atoms with Crippen molar-refractivity contribution < 1.29 is 19.5 Å². The standard InChI is InChI=1S/C15H17NO4.C14H20ClN/c17-9-12-4-1-2-7-13(12)16-14(18)10-5-3-6-11(8-10)15(19)20;1-14(2)10-16(3)9-8-13(14)11-4-6-12(15)7-5-11/h3,5-6,8-9,12-13H,1-2,4,7H2,(H,16,18)(H,19,20);4-7,13H,8-10H2,1-3H3/t12-,13-;/m1./s1. The van der Waals surface area contributed by atoms with Crippen molar-refractivity contribution in [3.63, 3.8) is 0 Å². The van der Waals surface area contributed by atoms with Crippen LogP contribution in [0.5, 0.6) is 0 Å². The molecule has 6 nitrogen and oxygen atoms in total. The van der Waals surface area contributed by atoms with Crippen molar-refractivity contribution in [3.8, 4) is 0 Å². The smallest absolute Gasteiger partial charge is 0.335 e. The predicted molar refractivity (Wildman–Crippen MR) is 143 cm³/mol. The Bertz CT molecular complexity index is 1050. The fourth-order valence-corrected chi connectivity index (χ4v) is 5.61. The average molecular weight is 513 g/mol. The number of likely N-dealkylation sites (tertiary alicyclic amines) is 1. The third-order valence-corrected chi connectivity index (χ3v) is 7.63. The molecule has 4 rings (SSSR count). The van der Waals surface area contributed by atoms with Gasteiger partial charge < -0.3 is 20.1 Å². The number of rotatable bonds is 5. The molecule has 0 aromatic heterocycles. The molecule has 7 heteroatoms. The van der Waals surface area contributed by atoms with Crippen molar-refractivity contribution in [2.45, 2.75) is 57.9 Å². The van der Waals surface area contributed by atoms with Crippen LogP contribution in [0, 0.1) is 11.3 Å². The lowest BCUT2D eigenvalue weighted by Crippen LogP contribution is -2.42. The fourth-order valence-electron chi connectivity index (χ4n) is 5.48. The highest BCUT2D eigenvalue weighted by molar-refractivity contribution is 6.30. The van der Waals surface area contributed by atoms with Gasteiger partial charge in [0.2, 0.25) is 0 Å². The van der Waals surface area contributed by atoms with Gasteiger partial charge in [-0.1, -0.05) is 56.5 Å². The van der Waals surface area contributed by atoms with E-state index in [0.29, 0.717) is 16.9 Å². The number of halogens is 1. The van der Waals surface area contributed by atoms with Gasteiger partial charge in [-0.25, -0.2) is 4.79 Å². The summed E-state index contributed by atoms with van der Waals surface area (Å²) in [6, 6.07) is 14.1. The lowest BCUT2D eigenvalue weighted by molar-refractivity contribution is -0.112. The summed E-state index contributed by atoms with van der Waals surface area (Å²) in [5.41, 5.74) is 2.16. The van der Waals surface area contributed by atoms with E-state index in [1.165, 1.54) is 43.3 Å². The quantitative estimate of drug-likeness (QED) is 0.505. The Morgan fingerprint density at radius 1 is 1.06 bits per heavy atom. The largest absolute Gasteiger partial charge is 0.478 e. The van der Waals surface area contributed by atoms with Crippen LogP contribution < -0.4 is 5.32 Å². The van der Waals surface area contributed by atoms with Gasteiger partial charge in [-0.3, -0.25) is 4.79 Å². The van der Waals surface area contributed by atoms with Crippen LogP contribution in [0.15, 0.2) is 48.5 Å². The Balaban J connectivity index is 0.000000205. The number of hydrogen-bond donors (Lipinski definition) is 2. The van der Waals surface area contributed by atoms with Crippen molar-refractivity contribution in [2.24, 2.45) is 11.3 Å². The second-order valence-electron chi connectivity index (χ2n) is 10.7. The van der Waals surface area contributed by atoms with Crippen LogP contribution in [-0.4, -0.2) is 54.3 Å². The molecule has 2 N–H and O–H groups in total. The van der Waals surface area contributed by atoms with Gasteiger partial charge in [-0.2, -0.15) is 0 Å². The molecule has 1 aliphatic heterocycles. The monoisotopic (exact) mass is 512 g/mol. The Labute approximate surface area is 219 Å². The summed E-state index contributed by atoms with van der Waals surface area (Å²) >= 11 is 5.94. The van der Waals surface area contributed by atoms with E-state index in [4.69, 9.17) is 16.7 Å². The molecule has 3 atom stereocenters. The number of benzene rings is 2. The van der Waals surface area contributed by atoms with Crippen LogP contribution in [0.25, 0.3) is 0 Å². The minimum Gasteiger partial charge on any atom is -0.478 e. The molecule has 0 spiro atoms. The van der Waals surface area contributed by atoms with Gasteiger partial charge in [-0.05, 0) is 80.1 Å². The number of aldehydes is 1. The van der Waals surface area contributed by atoms with Gasteiger partial charge in [0.15, 0.2) is 0 Å². The first-order valence-corrected chi connectivity index (χ1v) is 13.0. The number of aromatic carboxylic acids is 1. The average Bonchev–Trinajstić information content (AvgIpc) is 2.85. The normalized spacial score (nSPS) is 23.6. The predicted octanol–water partition coefficient (Wildman–Crippen LogP) is 5.66. The highest BCUT2D eigenvalue weighted by Crippen LogP contribution is 2.41. The molecule has 1 aliphatic carbocycles. The molecule has 2 aromatic carbocycles. The van der Waals surface area contributed by atoms with E-state index in [2.05, 4.69) is 43.2 Å². The zero-order valence-electron chi connectivity index (χ0n) is 21.4. The Hall–Kier alpha value is -2.70. The van der Waals surface area contributed by atoms with E-state index in [-0.39, 0.29) is 23.4 Å².